The van der Waals surface area contributed by atoms with Gasteiger partial charge in [0.2, 0.25) is 0 Å². The van der Waals surface area contributed by atoms with Gasteiger partial charge in [-0.3, -0.25) is 4.98 Å². The Kier molecular flexibility index (Phi) is 4.27. The molecule has 0 aliphatic carbocycles. The van der Waals surface area contributed by atoms with Crippen molar-refractivity contribution in [2.75, 3.05) is 0 Å². The molecule has 0 spiro atoms. The summed E-state index contributed by atoms with van der Waals surface area (Å²) in [5, 5.41) is 0.958. The largest absolute Gasteiger partial charge is 0.265 e. The fourth-order valence-electron chi connectivity index (χ4n) is 1.55. The highest BCUT2D eigenvalue weighted by molar-refractivity contribution is 6.42. The lowest BCUT2D eigenvalue weighted by Crippen LogP contribution is -1.96. The maximum Gasteiger partial charge on any atom is 0.0626 e. The highest BCUT2D eigenvalue weighted by atomic mass is 35.5. The third-order valence-electron chi connectivity index (χ3n) is 2.47. The van der Waals surface area contributed by atoms with E-state index in [0.717, 1.165) is 17.5 Å². The zero-order valence-electron chi connectivity index (χ0n) is 8.91. The highest BCUT2D eigenvalue weighted by Crippen LogP contribution is 2.30. The predicted molar refractivity (Wildman–Crippen MR) is 73.0 cm³/mol. The Morgan fingerprint density at radius 3 is 2.35 bits per heavy atom. The minimum Gasteiger partial charge on any atom is -0.265 e. The van der Waals surface area contributed by atoms with E-state index in [4.69, 9.17) is 34.8 Å². The van der Waals surface area contributed by atoms with Gasteiger partial charge in [-0.25, -0.2) is 0 Å². The molecule has 0 radical (unpaired) electrons. The zero-order chi connectivity index (χ0) is 12.3. The van der Waals surface area contributed by atoms with Crippen LogP contribution in [-0.4, -0.2) is 4.98 Å². The molecule has 0 amide bonds. The number of rotatable bonds is 3. The van der Waals surface area contributed by atoms with Crippen LogP contribution in [0.4, 0.5) is 0 Å². The predicted octanol–water partition coefficient (Wildman–Crippen LogP) is 4.91. The molecule has 17 heavy (non-hydrogen) atoms. The normalized spacial score (nSPS) is 12.4. The van der Waals surface area contributed by atoms with Gasteiger partial charge in [0.05, 0.1) is 15.4 Å². The van der Waals surface area contributed by atoms with E-state index < -0.39 is 0 Å². The molecule has 2 aromatic rings. The molecular formula is C13H10Cl3N. The van der Waals surface area contributed by atoms with Crippen molar-refractivity contribution in [3.05, 3.63) is 63.9 Å². The zero-order valence-corrected chi connectivity index (χ0v) is 11.2. The van der Waals surface area contributed by atoms with Gasteiger partial charge in [0.25, 0.3) is 0 Å². The number of nitrogens with zero attached hydrogens (tertiary/aromatic N) is 1. The van der Waals surface area contributed by atoms with Gasteiger partial charge in [-0.2, -0.15) is 0 Å². The van der Waals surface area contributed by atoms with E-state index in [0.29, 0.717) is 10.0 Å². The van der Waals surface area contributed by atoms with Crippen LogP contribution >= 0.6 is 34.8 Å². The smallest absolute Gasteiger partial charge is 0.0626 e. The van der Waals surface area contributed by atoms with Crippen LogP contribution in [0.2, 0.25) is 10.0 Å². The van der Waals surface area contributed by atoms with Crippen LogP contribution in [0.15, 0.2) is 42.7 Å². The molecule has 2 rings (SSSR count). The molecule has 1 heterocycles. The third-order valence-corrected chi connectivity index (χ3v) is 3.61. The van der Waals surface area contributed by atoms with E-state index in [9.17, 15) is 0 Å². The van der Waals surface area contributed by atoms with Crippen LogP contribution in [0, 0.1) is 0 Å². The van der Waals surface area contributed by atoms with Crippen molar-refractivity contribution in [3.8, 4) is 0 Å². The fourth-order valence-corrected chi connectivity index (χ4v) is 2.17. The van der Waals surface area contributed by atoms with E-state index in [1.165, 1.54) is 0 Å². The Morgan fingerprint density at radius 1 is 1.00 bits per heavy atom. The number of hydrogen-bond acceptors (Lipinski definition) is 1. The quantitative estimate of drug-likeness (QED) is 0.731. The van der Waals surface area contributed by atoms with E-state index in [-0.39, 0.29) is 5.38 Å². The average Bonchev–Trinajstić information content (AvgIpc) is 2.34. The molecule has 0 saturated heterocycles. The number of halogens is 3. The Bertz CT molecular complexity index is 499. The maximum absolute atomic E-state index is 6.34. The summed E-state index contributed by atoms with van der Waals surface area (Å²) >= 11 is 18.2. The second kappa shape index (κ2) is 5.72. The van der Waals surface area contributed by atoms with Crippen LogP contribution in [0.3, 0.4) is 0 Å². The summed E-state index contributed by atoms with van der Waals surface area (Å²) < 4.78 is 0. The standard InChI is InChI=1S/C13H10Cl3N/c14-11-2-1-10(8-13(11)16)12(15)7-9-3-5-17-6-4-9/h1-6,8,12H,7H2. The molecular weight excluding hydrogens is 277 g/mol. The molecule has 4 heteroatoms. The van der Waals surface area contributed by atoms with E-state index in [1.807, 2.05) is 24.3 Å². The molecule has 1 unspecified atom stereocenters. The number of pyridine rings is 1. The summed E-state index contributed by atoms with van der Waals surface area (Å²) in [6.07, 6.45) is 4.25. The molecule has 0 fully saturated rings. The Morgan fingerprint density at radius 2 is 1.71 bits per heavy atom. The monoisotopic (exact) mass is 285 g/mol. The molecule has 1 aromatic heterocycles. The van der Waals surface area contributed by atoms with Crippen LogP contribution in [0.1, 0.15) is 16.5 Å². The number of benzene rings is 1. The average molecular weight is 287 g/mol. The molecule has 0 aliphatic heterocycles. The summed E-state index contributed by atoms with van der Waals surface area (Å²) in [4.78, 5) is 3.97. The third kappa shape index (κ3) is 3.35. The van der Waals surface area contributed by atoms with Gasteiger partial charge in [0, 0.05) is 12.4 Å². The summed E-state index contributed by atoms with van der Waals surface area (Å²) in [5.74, 6) is 0. The Balaban J connectivity index is 2.14. The topological polar surface area (TPSA) is 12.9 Å². The van der Waals surface area contributed by atoms with Crippen molar-refractivity contribution in [1.82, 2.24) is 4.98 Å². The van der Waals surface area contributed by atoms with Crippen molar-refractivity contribution in [2.24, 2.45) is 0 Å². The van der Waals surface area contributed by atoms with Gasteiger partial charge in [-0.05, 0) is 41.8 Å². The first-order valence-corrected chi connectivity index (χ1v) is 6.34. The van der Waals surface area contributed by atoms with Gasteiger partial charge in [0.15, 0.2) is 0 Å². The van der Waals surface area contributed by atoms with Gasteiger partial charge in [-0.15, -0.1) is 11.6 Å². The van der Waals surface area contributed by atoms with Gasteiger partial charge < -0.3 is 0 Å². The van der Waals surface area contributed by atoms with Gasteiger partial charge in [-0.1, -0.05) is 29.3 Å². The van der Waals surface area contributed by atoms with Crippen LogP contribution in [-0.2, 0) is 6.42 Å². The second-order valence-corrected chi connectivity index (χ2v) is 5.04. The maximum atomic E-state index is 6.34. The first kappa shape index (κ1) is 12.7. The van der Waals surface area contributed by atoms with E-state index in [2.05, 4.69) is 4.98 Å². The summed E-state index contributed by atoms with van der Waals surface area (Å²) in [7, 11) is 0. The lowest BCUT2D eigenvalue weighted by molar-refractivity contribution is 0.916. The molecule has 1 nitrogen and oxygen atoms in total. The number of aromatic nitrogens is 1. The van der Waals surface area contributed by atoms with Crippen LogP contribution in [0.25, 0.3) is 0 Å². The second-order valence-electron chi connectivity index (χ2n) is 3.70. The fraction of sp³-hybridized carbons (Fsp3) is 0.154. The van der Waals surface area contributed by atoms with Crippen molar-refractivity contribution in [1.29, 1.82) is 0 Å². The lowest BCUT2D eigenvalue weighted by atomic mass is 10.1. The van der Waals surface area contributed by atoms with Crippen LogP contribution < -0.4 is 0 Å². The first-order chi connectivity index (χ1) is 8.16. The van der Waals surface area contributed by atoms with Crippen molar-refractivity contribution in [2.45, 2.75) is 11.8 Å². The lowest BCUT2D eigenvalue weighted by Gasteiger charge is -2.10. The van der Waals surface area contributed by atoms with Crippen LogP contribution in [0.5, 0.6) is 0 Å². The number of hydrogen-bond donors (Lipinski definition) is 0. The molecule has 0 aliphatic rings. The number of alkyl halides is 1. The van der Waals surface area contributed by atoms with Crippen molar-refractivity contribution < 1.29 is 0 Å². The first-order valence-electron chi connectivity index (χ1n) is 5.15. The summed E-state index contributed by atoms with van der Waals surface area (Å²) in [5.41, 5.74) is 2.11. The van der Waals surface area contributed by atoms with Crippen molar-refractivity contribution in [3.63, 3.8) is 0 Å². The highest BCUT2D eigenvalue weighted by Gasteiger charge is 2.10. The van der Waals surface area contributed by atoms with Gasteiger partial charge in [0.1, 0.15) is 0 Å². The van der Waals surface area contributed by atoms with Gasteiger partial charge >= 0.3 is 0 Å². The summed E-state index contributed by atoms with van der Waals surface area (Å²) in [6, 6.07) is 9.37. The molecule has 1 aromatic carbocycles. The summed E-state index contributed by atoms with van der Waals surface area (Å²) in [6.45, 7) is 0. The molecule has 0 N–H and O–H groups in total. The van der Waals surface area contributed by atoms with E-state index in [1.54, 1.807) is 18.5 Å². The minimum absolute atomic E-state index is 0.118. The molecule has 88 valence electrons. The van der Waals surface area contributed by atoms with Crippen molar-refractivity contribution >= 4 is 34.8 Å². The minimum atomic E-state index is -0.118. The van der Waals surface area contributed by atoms with E-state index >= 15 is 0 Å². The SMILES string of the molecule is Clc1ccc(C(Cl)Cc2ccncc2)cc1Cl. The Hall–Kier alpha value is -0.760. The Labute approximate surface area is 115 Å². The molecule has 1 atom stereocenters. The molecule has 0 saturated carbocycles. The molecule has 0 bridgehead atoms.